The van der Waals surface area contributed by atoms with Crippen LogP contribution >= 0.6 is 0 Å². The molecule has 0 unspecified atom stereocenters. The van der Waals surface area contributed by atoms with E-state index in [1.165, 1.54) is 0 Å². The Labute approximate surface area is 90.4 Å². The summed E-state index contributed by atoms with van der Waals surface area (Å²) in [7, 11) is 0. The van der Waals surface area contributed by atoms with Crippen LogP contribution < -0.4 is 0 Å². The molecule has 0 saturated carbocycles. The van der Waals surface area contributed by atoms with Crippen LogP contribution in [0.25, 0.3) is 17.0 Å². The third-order valence-electron chi connectivity index (χ3n) is 2.19. The van der Waals surface area contributed by atoms with Gasteiger partial charge in [-0.15, -0.1) is 0 Å². The van der Waals surface area contributed by atoms with Crippen molar-refractivity contribution in [3.63, 3.8) is 0 Å². The second-order valence-corrected chi connectivity index (χ2v) is 4.89. The zero-order chi connectivity index (χ0) is 10.9. The number of furan rings is 1. The summed E-state index contributed by atoms with van der Waals surface area (Å²) in [6.07, 6.45) is 4.20. The van der Waals surface area contributed by atoms with Gasteiger partial charge in [0, 0.05) is 5.39 Å². The van der Waals surface area contributed by atoms with E-state index in [0.717, 1.165) is 16.7 Å². The molecule has 0 bridgehead atoms. The maximum atomic E-state index is 5.68. The van der Waals surface area contributed by atoms with E-state index in [2.05, 4.69) is 39.0 Å². The fraction of sp³-hybridized carbons (Fsp3) is 0.286. The monoisotopic (exact) mass is 200 g/mol. The Morgan fingerprint density at radius 3 is 2.53 bits per heavy atom. The maximum absolute atomic E-state index is 5.68. The topological polar surface area (TPSA) is 13.1 Å². The Morgan fingerprint density at radius 2 is 1.87 bits per heavy atom. The van der Waals surface area contributed by atoms with Gasteiger partial charge in [0.1, 0.15) is 11.3 Å². The first-order chi connectivity index (χ1) is 7.04. The molecule has 1 nitrogen and oxygen atoms in total. The van der Waals surface area contributed by atoms with Crippen molar-refractivity contribution in [2.45, 2.75) is 20.8 Å². The summed E-state index contributed by atoms with van der Waals surface area (Å²) in [4.78, 5) is 0. The van der Waals surface area contributed by atoms with E-state index in [0.29, 0.717) is 0 Å². The molecular formula is C14H16O. The van der Waals surface area contributed by atoms with Crippen molar-refractivity contribution >= 4 is 17.0 Å². The van der Waals surface area contributed by atoms with Crippen LogP contribution in [0.1, 0.15) is 26.5 Å². The third-order valence-corrected chi connectivity index (χ3v) is 2.19. The molecule has 1 heterocycles. The molecule has 0 atom stereocenters. The Bertz CT molecular complexity index is 450. The van der Waals surface area contributed by atoms with Gasteiger partial charge in [-0.2, -0.15) is 0 Å². The number of para-hydroxylation sites is 1. The molecule has 0 amide bonds. The van der Waals surface area contributed by atoms with Gasteiger partial charge >= 0.3 is 0 Å². The number of rotatable bonds is 1. The molecule has 0 saturated heterocycles. The smallest absolute Gasteiger partial charge is 0.134 e. The van der Waals surface area contributed by atoms with Crippen LogP contribution in [0.3, 0.4) is 0 Å². The lowest BCUT2D eigenvalue weighted by atomic mass is 9.96. The number of allylic oxidation sites excluding steroid dienone is 1. The van der Waals surface area contributed by atoms with Crippen LogP contribution in [0.2, 0.25) is 0 Å². The van der Waals surface area contributed by atoms with Crippen LogP contribution in [-0.4, -0.2) is 0 Å². The third kappa shape index (κ3) is 2.50. The molecule has 0 radical (unpaired) electrons. The molecule has 2 rings (SSSR count). The fourth-order valence-electron chi connectivity index (χ4n) is 1.42. The molecule has 78 valence electrons. The molecule has 1 heteroatoms. The quantitative estimate of drug-likeness (QED) is 0.661. The largest absolute Gasteiger partial charge is 0.457 e. The molecule has 0 fully saturated rings. The first-order valence-electron chi connectivity index (χ1n) is 5.22. The summed E-state index contributed by atoms with van der Waals surface area (Å²) in [6.45, 7) is 6.52. The van der Waals surface area contributed by atoms with E-state index in [-0.39, 0.29) is 5.41 Å². The van der Waals surface area contributed by atoms with E-state index in [1.54, 1.807) is 0 Å². The molecule has 15 heavy (non-hydrogen) atoms. The van der Waals surface area contributed by atoms with Crippen LogP contribution in [0.5, 0.6) is 0 Å². The van der Waals surface area contributed by atoms with Crippen molar-refractivity contribution in [2.75, 3.05) is 0 Å². The normalized spacial score (nSPS) is 12.7. The number of fused-ring (bicyclic) bond motifs is 1. The lowest BCUT2D eigenvalue weighted by Crippen LogP contribution is -1.97. The predicted octanol–water partition coefficient (Wildman–Crippen LogP) is 4.49. The molecule has 0 aliphatic heterocycles. The van der Waals surface area contributed by atoms with E-state index >= 15 is 0 Å². The zero-order valence-corrected chi connectivity index (χ0v) is 9.45. The van der Waals surface area contributed by atoms with E-state index in [9.17, 15) is 0 Å². The lowest BCUT2D eigenvalue weighted by Gasteiger charge is -2.10. The van der Waals surface area contributed by atoms with Gasteiger partial charge in [-0.3, -0.25) is 0 Å². The van der Waals surface area contributed by atoms with Gasteiger partial charge in [-0.1, -0.05) is 45.0 Å². The molecule has 0 aliphatic carbocycles. The Balaban J connectivity index is 2.34. The summed E-state index contributed by atoms with van der Waals surface area (Å²) in [5, 5.41) is 1.16. The summed E-state index contributed by atoms with van der Waals surface area (Å²) in [5.41, 5.74) is 1.14. The number of benzene rings is 1. The minimum Gasteiger partial charge on any atom is -0.457 e. The van der Waals surface area contributed by atoms with Crippen LogP contribution in [0.4, 0.5) is 0 Å². The van der Waals surface area contributed by atoms with Gasteiger partial charge in [0.25, 0.3) is 0 Å². The number of hydrogen-bond acceptors (Lipinski definition) is 1. The fourth-order valence-corrected chi connectivity index (χ4v) is 1.42. The average molecular weight is 200 g/mol. The summed E-state index contributed by atoms with van der Waals surface area (Å²) < 4.78 is 5.68. The Hall–Kier alpha value is -1.50. The average Bonchev–Trinajstić information content (AvgIpc) is 2.56. The van der Waals surface area contributed by atoms with Crippen molar-refractivity contribution in [1.82, 2.24) is 0 Å². The molecule has 0 spiro atoms. The number of hydrogen-bond donors (Lipinski definition) is 0. The van der Waals surface area contributed by atoms with Crippen molar-refractivity contribution in [2.24, 2.45) is 5.41 Å². The highest BCUT2D eigenvalue weighted by molar-refractivity contribution is 5.79. The van der Waals surface area contributed by atoms with Gasteiger partial charge < -0.3 is 4.42 Å². The highest BCUT2D eigenvalue weighted by atomic mass is 16.3. The second-order valence-electron chi connectivity index (χ2n) is 4.89. The van der Waals surface area contributed by atoms with E-state index < -0.39 is 0 Å². The molecular weight excluding hydrogens is 184 g/mol. The zero-order valence-electron chi connectivity index (χ0n) is 9.45. The summed E-state index contributed by atoms with van der Waals surface area (Å²) in [5.74, 6) is 0.922. The van der Waals surface area contributed by atoms with Crippen molar-refractivity contribution in [3.05, 3.63) is 42.2 Å². The van der Waals surface area contributed by atoms with Gasteiger partial charge in [0.15, 0.2) is 0 Å². The van der Waals surface area contributed by atoms with Gasteiger partial charge in [0.05, 0.1) is 0 Å². The first kappa shape index (κ1) is 10.0. The first-order valence-corrected chi connectivity index (χ1v) is 5.22. The van der Waals surface area contributed by atoms with Crippen molar-refractivity contribution < 1.29 is 4.42 Å². The van der Waals surface area contributed by atoms with E-state index in [4.69, 9.17) is 4.42 Å². The Kier molecular flexibility index (Phi) is 2.39. The molecule has 2 aromatic rings. The van der Waals surface area contributed by atoms with Gasteiger partial charge in [-0.05, 0) is 23.6 Å². The molecule has 0 N–H and O–H groups in total. The van der Waals surface area contributed by atoms with Crippen molar-refractivity contribution in [3.8, 4) is 0 Å². The molecule has 0 aliphatic rings. The lowest BCUT2D eigenvalue weighted by molar-refractivity contribution is 0.543. The van der Waals surface area contributed by atoms with Gasteiger partial charge in [-0.25, -0.2) is 0 Å². The van der Waals surface area contributed by atoms with Gasteiger partial charge in [0.2, 0.25) is 0 Å². The van der Waals surface area contributed by atoms with Crippen molar-refractivity contribution in [1.29, 1.82) is 0 Å². The van der Waals surface area contributed by atoms with Crippen LogP contribution in [-0.2, 0) is 0 Å². The molecule has 1 aromatic heterocycles. The summed E-state index contributed by atoms with van der Waals surface area (Å²) in [6, 6.07) is 10.1. The SMILES string of the molecule is CC(C)(C)/C=C/c1cc2ccccc2o1. The van der Waals surface area contributed by atoms with Crippen LogP contribution in [0, 0.1) is 5.41 Å². The summed E-state index contributed by atoms with van der Waals surface area (Å²) >= 11 is 0. The van der Waals surface area contributed by atoms with Crippen LogP contribution in [0.15, 0.2) is 40.8 Å². The minimum absolute atomic E-state index is 0.193. The minimum atomic E-state index is 0.193. The van der Waals surface area contributed by atoms with E-state index in [1.807, 2.05) is 24.3 Å². The highest BCUT2D eigenvalue weighted by Gasteiger charge is 2.05. The molecule has 1 aromatic carbocycles. The second kappa shape index (κ2) is 3.58. The maximum Gasteiger partial charge on any atom is 0.134 e. The standard InChI is InChI=1S/C14H16O/c1-14(2,3)9-8-12-10-11-6-4-5-7-13(11)15-12/h4-10H,1-3H3/b9-8+. The highest BCUT2D eigenvalue weighted by Crippen LogP contribution is 2.22. The predicted molar refractivity (Wildman–Crippen MR) is 64.7 cm³/mol. The Morgan fingerprint density at radius 1 is 1.13 bits per heavy atom.